The summed E-state index contributed by atoms with van der Waals surface area (Å²) in [6.45, 7) is 7.51. The zero-order chi connectivity index (χ0) is 12.1. The zero-order valence-corrected chi connectivity index (χ0v) is 10.00. The third-order valence-electron chi connectivity index (χ3n) is 2.06. The molecule has 0 spiro atoms. The highest BCUT2D eigenvalue weighted by Crippen LogP contribution is 2.14. The number of benzene rings is 1. The predicted molar refractivity (Wildman–Crippen MR) is 64.8 cm³/mol. The van der Waals surface area contributed by atoms with Gasteiger partial charge in [-0.2, -0.15) is 0 Å². The summed E-state index contributed by atoms with van der Waals surface area (Å²) in [6.07, 6.45) is -0.579. The molecule has 0 aromatic heterocycles. The second-order valence-corrected chi connectivity index (χ2v) is 3.84. The van der Waals surface area contributed by atoms with Crippen LogP contribution in [0.3, 0.4) is 0 Å². The lowest BCUT2D eigenvalue weighted by molar-refractivity contribution is 0.166. The molecule has 0 unspecified atom stereocenters. The molecule has 0 fully saturated rings. The number of aryl methyl sites for hydroxylation is 2. The van der Waals surface area contributed by atoms with Crippen LogP contribution in [0.2, 0.25) is 0 Å². The van der Waals surface area contributed by atoms with Crippen LogP contribution in [-0.2, 0) is 4.84 Å². The van der Waals surface area contributed by atoms with Crippen LogP contribution in [0.1, 0.15) is 25.0 Å². The second kappa shape index (κ2) is 5.30. The number of carbonyl (C=O) groups excluding carboxylic acids is 1. The number of anilines is 1. The molecule has 1 amide bonds. The lowest BCUT2D eigenvalue weighted by atomic mass is 10.1. The van der Waals surface area contributed by atoms with Gasteiger partial charge < -0.3 is 0 Å². The predicted octanol–water partition coefficient (Wildman–Crippen LogP) is 3.25. The van der Waals surface area contributed by atoms with Gasteiger partial charge in [0.15, 0.2) is 0 Å². The Bertz CT molecular complexity index is 421. The van der Waals surface area contributed by atoms with Gasteiger partial charge in [-0.25, -0.2) is 4.79 Å². The van der Waals surface area contributed by atoms with E-state index in [0.29, 0.717) is 11.4 Å². The van der Waals surface area contributed by atoms with E-state index in [-0.39, 0.29) is 0 Å². The molecule has 0 heterocycles. The van der Waals surface area contributed by atoms with E-state index >= 15 is 0 Å². The summed E-state index contributed by atoms with van der Waals surface area (Å²) in [7, 11) is 0. The van der Waals surface area contributed by atoms with Crippen molar-refractivity contribution >= 4 is 17.5 Å². The molecule has 1 rings (SSSR count). The van der Waals surface area contributed by atoms with Crippen LogP contribution in [0.4, 0.5) is 10.5 Å². The first-order chi connectivity index (χ1) is 7.49. The van der Waals surface area contributed by atoms with Crippen molar-refractivity contribution in [3.8, 4) is 0 Å². The second-order valence-electron chi connectivity index (χ2n) is 3.84. The average Bonchev–Trinajstić information content (AvgIpc) is 2.21. The van der Waals surface area contributed by atoms with E-state index in [0.717, 1.165) is 5.56 Å². The molecular weight excluding hydrogens is 204 g/mol. The standard InChI is InChI=1S/C12H16N2O2/c1-8(2)14-16-12(15)13-11-6-5-9(3)10(4)7-11/h5-7H,1-4H3,(H,13,15). The summed E-state index contributed by atoms with van der Waals surface area (Å²) < 4.78 is 0. The minimum Gasteiger partial charge on any atom is -0.298 e. The van der Waals surface area contributed by atoms with E-state index in [1.165, 1.54) is 5.56 Å². The fourth-order valence-electron chi connectivity index (χ4n) is 1.09. The van der Waals surface area contributed by atoms with Crippen molar-refractivity contribution in [2.45, 2.75) is 27.7 Å². The molecule has 1 N–H and O–H groups in total. The van der Waals surface area contributed by atoms with Crippen LogP contribution >= 0.6 is 0 Å². The van der Waals surface area contributed by atoms with Crippen LogP contribution in [0.15, 0.2) is 23.4 Å². The van der Waals surface area contributed by atoms with Crippen molar-refractivity contribution < 1.29 is 9.63 Å². The van der Waals surface area contributed by atoms with E-state index < -0.39 is 6.09 Å². The quantitative estimate of drug-likeness (QED) is 0.472. The first kappa shape index (κ1) is 12.2. The fourth-order valence-corrected chi connectivity index (χ4v) is 1.09. The summed E-state index contributed by atoms with van der Waals surface area (Å²) in [4.78, 5) is 15.9. The normalized spacial score (nSPS) is 9.50. The monoisotopic (exact) mass is 220 g/mol. The van der Waals surface area contributed by atoms with Gasteiger partial charge >= 0.3 is 6.09 Å². The SMILES string of the molecule is CC(C)=NOC(=O)Nc1ccc(C)c(C)c1. The van der Waals surface area contributed by atoms with Gasteiger partial charge in [0.2, 0.25) is 0 Å². The van der Waals surface area contributed by atoms with Crippen molar-refractivity contribution in [1.29, 1.82) is 0 Å². The molecule has 0 aliphatic heterocycles. The van der Waals surface area contributed by atoms with Crippen LogP contribution in [0, 0.1) is 13.8 Å². The minimum absolute atomic E-state index is 0.579. The molecule has 86 valence electrons. The molecule has 0 saturated carbocycles. The highest BCUT2D eigenvalue weighted by Gasteiger charge is 2.03. The maximum atomic E-state index is 11.3. The minimum atomic E-state index is -0.579. The Morgan fingerprint density at radius 3 is 2.50 bits per heavy atom. The summed E-state index contributed by atoms with van der Waals surface area (Å²) in [5.41, 5.74) is 3.70. The van der Waals surface area contributed by atoms with E-state index in [2.05, 4.69) is 15.3 Å². The highest BCUT2D eigenvalue weighted by atomic mass is 16.7. The average molecular weight is 220 g/mol. The number of nitrogens with zero attached hydrogens (tertiary/aromatic N) is 1. The van der Waals surface area contributed by atoms with E-state index in [1.807, 2.05) is 32.0 Å². The first-order valence-electron chi connectivity index (χ1n) is 5.05. The molecule has 0 atom stereocenters. The van der Waals surface area contributed by atoms with Gasteiger partial charge in [0.05, 0.1) is 5.71 Å². The Kier molecular flexibility index (Phi) is 4.05. The zero-order valence-electron chi connectivity index (χ0n) is 10.00. The molecule has 1 aromatic carbocycles. The number of amides is 1. The highest BCUT2D eigenvalue weighted by molar-refractivity contribution is 5.86. The maximum absolute atomic E-state index is 11.3. The van der Waals surface area contributed by atoms with Crippen LogP contribution in [-0.4, -0.2) is 11.8 Å². The molecule has 0 radical (unpaired) electrons. The third kappa shape index (κ3) is 3.73. The van der Waals surface area contributed by atoms with E-state index in [4.69, 9.17) is 0 Å². The van der Waals surface area contributed by atoms with Crippen LogP contribution < -0.4 is 5.32 Å². The summed E-state index contributed by atoms with van der Waals surface area (Å²) in [5.74, 6) is 0. The Hall–Kier alpha value is -1.84. The lowest BCUT2D eigenvalue weighted by Gasteiger charge is -2.05. The van der Waals surface area contributed by atoms with Gasteiger partial charge in [0.25, 0.3) is 0 Å². The number of nitrogens with one attached hydrogen (secondary N) is 1. The number of carbonyl (C=O) groups is 1. The number of hydrogen-bond donors (Lipinski definition) is 1. The number of oxime groups is 1. The fraction of sp³-hybridized carbons (Fsp3) is 0.333. The molecule has 4 nitrogen and oxygen atoms in total. The molecule has 0 aliphatic carbocycles. The maximum Gasteiger partial charge on any atom is 0.437 e. The largest absolute Gasteiger partial charge is 0.437 e. The van der Waals surface area contributed by atoms with Crippen molar-refractivity contribution in [1.82, 2.24) is 0 Å². The van der Waals surface area contributed by atoms with Crippen molar-refractivity contribution in [2.75, 3.05) is 5.32 Å². The third-order valence-corrected chi connectivity index (χ3v) is 2.06. The molecule has 0 saturated heterocycles. The molecule has 0 aliphatic rings. The summed E-state index contributed by atoms with van der Waals surface area (Å²) in [5, 5.41) is 6.16. The van der Waals surface area contributed by atoms with E-state index in [1.54, 1.807) is 13.8 Å². The summed E-state index contributed by atoms with van der Waals surface area (Å²) in [6, 6.07) is 5.66. The Morgan fingerprint density at radius 2 is 1.94 bits per heavy atom. The Morgan fingerprint density at radius 1 is 1.25 bits per heavy atom. The van der Waals surface area contributed by atoms with Gasteiger partial charge in [-0.05, 0) is 51.0 Å². The van der Waals surface area contributed by atoms with E-state index in [9.17, 15) is 4.79 Å². The summed E-state index contributed by atoms with van der Waals surface area (Å²) >= 11 is 0. The van der Waals surface area contributed by atoms with Crippen LogP contribution in [0.5, 0.6) is 0 Å². The van der Waals surface area contributed by atoms with Crippen molar-refractivity contribution in [3.63, 3.8) is 0 Å². The Balaban J connectivity index is 2.63. The number of rotatable bonds is 2. The topological polar surface area (TPSA) is 50.7 Å². The molecular formula is C12H16N2O2. The molecule has 1 aromatic rings. The van der Waals surface area contributed by atoms with Crippen molar-refractivity contribution in [2.24, 2.45) is 5.16 Å². The lowest BCUT2D eigenvalue weighted by Crippen LogP contribution is -2.11. The van der Waals surface area contributed by atoms with Crippen LogP contribution in [0.25, 0.3) is 0 Å². The van der Waals surface area contributed by atoms with Gasteiger partial charge in [-0.15, -0.1) is 0 Å². The molecule has 4 heteroatoms. The smallest absolute Gasteiger partial charge is 0.298 e. The molecule has 16 heavy (non-hydrogen) atoms. The molecule has 0 bridgehead atoms. The van der Waals surface area contributed by atoms with Gasteiger partial charge in [-0.3, -0.25) is 10.2 Å². The van der Waals surface area contributed by atoms with Gasteiger partial charge in [-0.1, -0.05) is 11.2 Å². The van der Waals surface area contributed by atoms with Gasteiger partial charge in [0, 0.05) is 5.69 Å². The Labute approximate surface area is 95.3 Å². The first-order valence-corrected chi connectivity index (χ1v) is 5.05. The number of hydrogen-bond acceptors (Lipinski definition) is 3. The van der Waals surface area contributed by atoms with Crippen molar-refractivity contribution in [3.05, 3.63) is 29.3 Å². The van der Waals surface area contributed by atoms with Gasteiger partial charge in [0.1, 0.15) is 0 Å².